The van der Waals surface area contributed by atoms with Gasteiger partial charge < -0.3 is 9.64 Å². The number of carbonyl (C=O) groups excluding carboxylic acids is 1. The average Bonchev–Trinajstić information content (AvgIpc) is 2.97. The van der Waals surface area contributed by atoms with Crippen LogP contribution in [-0.2, 0) is 11.2 Å². The first-order valence-electron chi connectivity index (χ1n) is 7.51. The van der Waals surface area contributed by atoms with Crippen molar-refractivity contribution in [1.29, 1.82) is 0 Å². The van der Waals surface area contributed by atoms with Gasteiger partial charge in [0.25, 0.3) is 5.91 Å². The van der Waals surface area contributed by atoms with E-state index in [2.05, 4.69) is 6.07 Å². The van der Waals surface area contributed by atoms with E-state index in [4.69, 9.17) is 16.3 Å². The highest BCUT2D eigenvalue weighted by Crippen LogP contribution is 2.30. The van der Waals surface area contributed by atoms with Crippen LogP contribution in [0.5, 0.6) is 5.75 Å². The first-order chi connectivity index (χ1) is 10.7. The number of hydrogen-bond donors (Lipinski definition) is 0. The summed E-state index contributed by atoms with van der Waals surface area (Å²) in [6.07, 6.45) is 0.971. The third kappa shape index (κ3) is 2.81. The Labute approximate surface area is 135 Å². The first-order valence-corrected chi connectivity index (χ1v) is 7.89. The van der Waals surface area contributed by atoms with Gasteiger partial charge in [0.15, 0.2) is 6.10 Å². The highest BCUT2D eigenvalue weighted by Gasteiger charge is 2.30. The first kappa shape index (κ1) is 14.9. The van der Waals surface area contributed by atoms with Gasteiger partial charge in [-0.15, -0.1) is 0 Å². The number of anilines is 1. The molecule has 1 amide bonds. The lowest BCUT2D eigenvalue weighted by Gasteiger charge is -2.24. The zero-order chi connectivity index (χ0) is 15.5. The molecule has 2 aromatic carbocycles. The number of fused-ring (bicyclic) bond motifs is 1. The Morgan fingerprint density at radius 2 is 1.95 bits per heavy atom. The maximum Gasteiger partial charge on any atom is 0.268 e. The fourth-order valence-corrected chi connectivity index (χ4v) is 2.92. The molecule has 0 fully saturated rings. The Kier molecular flexibility index (Phi) is 4.34. The van der Waals surface area contributed by atoms with Crippen molar-refractivity contribution in [2.75, 3.05) is 11.4 Å². The van der Waals surface area contributed by atoms with Crippen molar-refractivity contribution in [2.45, 2.75) is 25.9 Å². The summed E-state index contributed by atoms with van der Waals surface area (Å²) in [5.41, 5.74) is 2.21. The quantitative estimate of drug-likeness (QED) is 0.850. The molecule has 1 aliphatic heterocycles. The third-order valence-corrected chi connectivity index (χ3v) is 4.22. The van der Waals surface area contributed by atoms with Crippen LogP contribution >= 0.6 is 11.6 Å². The lowest BCUT2D eigenvalue weighted by Crippen LogP contribution is -2.41. The molecule has 4 heteroatoms. The minimum absolute atomic E-state index is 0.00707. The lowest BCUT2D eigenvalue weighted by molar-refractivity contribution is -0.125. The number of hydrogen-bond acceptors (Lipinski definition) is 2. The van der Waals surface area contributed by atoms with Gasteiger partial charge >= 0.3 is 0 Å². The van der Waals surface area contributed by atoms with Crippen molar-refractivity contribution < 1.29 is 9.53 Å². The lowest BCUT2D eigenvalue weighted by atomic mass is 10.2. The van der Waals surface area contributed by atoms with Gasteiger partial charge in [-0.25, -0.2) is 0 Å². The van der Waals surface area contributed by atoms with Crippen LogP contribution in [0.15, 0.2) is 48.5 Å². The van der Waals surface area contributed by atoms with Gasteiger partial charge in [-0.05, 0) is 36.6 Å². The van der Waals surface area contributed by atoms with Crippen molar-refractivity contribution in [3.05, 3.63) is 59.1 Å². The van der Waals surface area contributed by atoms with Crippen molar-refractivity contribution >= 4 is 23.2 Å². The summed E-state index contributed by atoms with van der Waals surface area (Å²) in [5.74, 6) is 0.546. The Bertz CT molecular complexity index is 686. The molecule has 0 aromatic heterocycles. The third-order valence-electron chi connectivity index (χ3n) is 3.91. The summed E-state index contributed by atoms with van der Waals surface area (Å²) < 4.78 is 5.86. The summed E-state index contributed by atoms with van der Waals surface area (Å²) in [6.45, 7) is 2.65. The van der Waals surface area contributed by atoms with E-state index in [1.165, 1.54) is 5.56 Å². The van der Waals surface area contributed by atoms with Crippen LogP contribution in [0.25, 0.3) is 0 Å². The Morgan fingerprint density at radius 1 is 1.23 bits per heavy atom. The molecule has 0 saturated heterocycles. The Morgan fingerprint density at radius 3 is 2.73 bits per heavy atom. The molecular weight excluding hydrogens is 298 g/mol. The second-order valence-electron chi connectivity index (χ2n) is 5.31. The SMILES string of the molecule is CC[C@H](Oc1ccccc1Cl)C(=O)N1CCc2ccccc21. The molecule has 3 rings (SSSR count). The molecular formula is C18H18ClNO2. The van der Waals surface area contributed by atoms with E-state index in [-0.39, 0.29) is 5.91 Å². The molecule has 0 bridgehead atoms. The number of halogens is 1. The molecule has 0 unspecified atom stereocenters. The van der Waals surface area contributed by atoms with Crippen molar-refractivity contribution in [3.63, 3.8) is 0 Å². The van der Waals surface area contributed by atoms with Crippen LogP contribution in [0.2, 0.25) is 5.02 Å². The predicted octanol–water partition coefficient (Wildman–Crippen LogP) is 4.09. The van der Waals surface area contributed by atoms with Crippen LogP contribution in [0.3, 0.4) is 0 Å². The van der Waals surface area contributed by atoms with E-state index in [0.717, 1.165) is 12.1 Å². The second kappa shape index (κ2) is 6.41. The van der Waals surface area contributed by atoms with E-state index in [0.29, 0.717) is 23.7 Å². The number of ether oxygens (including phenoxy) is 1. The second-order valence-corrected chi connectivity index (χ2v) is 5.72. The van der Waals surface area contributed by atoms with Gasteiger partial charge in [0, 0.05) is 12.2 Å². The highest BCUT2D eigenvalue weighted by molar-refractivity contribution is 6.32. The maximum absolute atomic E-state index is 12.8. The monoisotopic (exact) mass is 315 g/mol. The number of carbonyl (C=O) groups is 1. The van der Waals surface area contributed by atoms with Crippen LogP contribution in [0, 0.1) is 0 Å². The molecule has 2 aromatic rings. The molecule has 1 aliphatic rings. The van der Waals surface area contributed by atoms with E-state index < -0.39 is 6.10 Å². The standard InChI is InChI=1S/C18H18ClNO2/c1-2-16(22-17-10-6-4-8-14(17)19)18(21)20-12-11-13-7-3-5-9-15(13)20/h3-10,16H,2,11-12H2,1H3/t16-/m0/s1. The minimum atomic E-state index is -0.522. The normalized spacial score (nSPS) is 14.5. The minimum Gasteiger partial charge on any atom is -0.479 e. The van der Waals surface area contributed by atoms with Crippen molar-refractivity contribution in [2.24, 2.45) is 0 Å². The molecule has 22 heavy (non-hydrogen) atoms. The Balaban J connectivity index is 1.80. The number of amides is 1. The van der Waals surface area contributed by atoms with Crippen LogP contribution in [0.4, 0.5) is 5.69 Å². The number of benzene rings is 2. The molecule has 1 heterocycles. The fraction of sp³-hybridized carbons (Fsp3) is 0.278. The fourth-order valence-electron chi connectivity index (χ4n) is 2.74. The zero-order valence-corrected chi connectivity index (χ0v) is 13.2. The summed E-state index contributed by atoms with van der Waals surface area (Å²) in [6, 6.07) is 15.3. The molecule has 1 atom stereocenters. The highest BCUT2D eigenvalue weighted by atomic mass is 35.5. The van der Waals surface area contributed by atoms with Gasteiger partial charge in [-0.3, -0.25) is 4.79 Å². The van der Waals surface area contributed by atoms with E-state index in [1.54, 1.807) is 12.1 Å². The van der Waals surface area contributed by atoms with Crippen molar-refractivity contribution in [1.82, 2.24) is 0 Å². The summed E-state index contributed by atoms with van der Waals surface area (Å²) >= 11 is 6.12. The Hall–Kier alpha value is -2.00. The van der Waals surface area contributed by atoms with Crippen LogP contribution in [0.1, 0.15) is 18.9 Å². The molecule has 0 radical (unpaired) electrons. The number of para-hydroxylation sites is 2. The predicted molar refractivity (Wildman–Crippen MR) is 88.7 cm³/mol. The van der Waals surface area contributed by atoms with Gasteiger partial charge in [0.05, 0.1) is 5.02 Å². The van der Waals surface area contributed by atoms with Crippen LogP contribution < -0.4 is 9.64 Å². The van der Waals surface area contributed by atoms with E-state index in [1.807, 2.05) is 42.2 Å². The number of nitrogens with zero attached hydrogens (tertiary/aromatic N) is 1. The summed E-state index contributed by atoms with van der Waals surface area (Å²) in [7, 11) is 0. The van der Waals surface area contributed by atoms with Gasteiger partial charge in [0.2, 0.25) is 0 Å². The van der Waals surface area contributed by atoms with Crippen LogP contribution in [-0.4, -0.2) is 18.6 Å². The zero-order valence-electron chi connectivity index (χ0n) is 12.5. The molecule has 114 valence electrons. The average molecular weight is 316 g/mol. The van der Waals surface area contributed by atoms with Crippen molar-refractivity contribution in [3.8, 4) is 5.75 Å². The smallest absolute Gasteiger partial charge is 0.268 e. The topological polar surface area (TPSA) is 29.5 Å². The van der Waals surface area contributed by atoms with E-state index >= 15 is 0 Å². The molecule has 0 N–H and O–H groups in total. The van der Waals surface area contributed by atoms with Gasteiger partial charge in [-0.1, -0.05) is 48.9 Å². The van der Waals surface area contributed by atoms with E-state index in [9.17, 15) is 4.79 Å². The molecule has 0 spiro atoms. The molecule has 0 saturated carbocycles. The summed E-state index contributed by atoms with van der Waals surface area (Å²) in [5, 5.41) is 0.524. The number of rotatable bonds is 4. The molecule has 3 nitrogen and oxygen atoms in total. The molecule has 0 aliphatic carbocycles. The maximum atomic E-state index is 12.8. The van der Waals surface area contributed by atoms with Gasteiger partial charge in [-0.2, -0.15) is 0 Å². The largest absolute Gasteiger partial charge is 0.479 e. The summed E-state index contributed by atoms with van der Waals surface area (Å²) in [4.78, 5) is 14.6. The van der Waals surface area contributed by atoms with Gasteiger partial charge in [0.1, 0.15) is 5.75 Å².